The molecule has 0 spiro atoms. The first kappa shape index (κ1) is 16.6. The van der Waals surface area contributed by atoms with E-state index in [1.165, 1.54) is 16.7 Å². The number of carbonyl (C=O) groups excluding carboxylic acids is 2. The van der Waals surface area contributed by atoms with Crippen molar-refractivity contribution in [3.8, 4) is 5.75 Å². The van der Waals surface area contributed by atoms with E-state index in [2.05, 4.69) is 6.08 Å². The van der Waals surface area contributed by atoms with Gasteiger partial charge in [0, 0.05) is 4.91 Å². The zero-order chi connectivity index (χ0) is 17.1. The molecule has 1 saturated heterocycles. The average Bonchev–Trinajstić information content (AvgIpc) is 2.60. The van der Waals surface area contributed by atoms with Crippen LogP contribution in [0.15, 0.2) is 47.0 Å². The summed E-state index contributed by atoms with van der Waals surface area (Å²) in [6, 6.07) is 6.76. The van der Waals surface area contributed by atoms with E-state index in [0.717, 1.165) is 29.0 Å². The normalized spacial score (nSPS) is 20.1. The number of thioether (sulfide) groups is 1. The van der Waals surface area contributed by atoms with Crippen LogP contribution in [-0.4, -0.2) is 38.8 Å². The Bertz CT molecular complexity index is 712. The molecule has 1 aliphatic carbocycles. The molecule has 0 saturated carbocycles. The minimum Gasteiger partial charge on any atom is -0.508 e. The number of carbonyl (C=O) groups is 2. The topological polar surface area (TPSA) is 89.9 Å². The number of allylic oxidation sites excluding steroid dienone is 2. The fourth-order valence-corrected chi connectivity index (χ4v) is 4.14. The third kappa shape index (κ3) is 3.47. The van der Waals surface area contributed by atoms with Crippen molar-refractivity contribution in [2.45, 2.75) is 24.5 Å². The Morgan fingerprint density at radius 3 is 2.67 bits per heavy atom. The summed E-state index contributed by atoms with van der Waals surface area (Å²) in [5, 5.41) is 17.8. The van der Waals surface area contributed by atoms with E-state index in [-0.39, 0.29) is 23.5 Å². The van der Waals surface area contributed by atoms with Gasteiger partial charge in [0.05, 0.1) is 10.9 Å². The minimum absolute atomic E-state index is 0.151. The number of amides is 2. The molecule has 24 heavy (non-hydrogen) atoms. The standard InChI is InChI=1S/C17H18N2O4S/c20-12-7-5-11(6-8-12)9-15-17(22)19(10-16(21)18-23)13-3-1-2-4-14(13)24-15/h3-8,15,20,23H,1-2,9-10H2,(H,18,21). The van der Waals surface area contributed by atoms with Gasteiger partial charge in [0.1, 0.15) is 12.3 Å². The smallest absolute Gasteiger partial charge is 0.263 e. The molecule has 1 aromatic carbocycles. The second-order valence-corrected chi connectivity index (χ2v) is 6.92. The first-order valence-electron chi connectivity index (χ1n) is 7.68. The molecule has 0 radical (unpaired) electrons. The average molecular weight is 346 g/mol. The quantitative estimate of drug-likeness (QED) is 0.573. The number of hydroxylamine groups is 1. The summed E-state index contributed by atoms with van der Waals surface area (Å²) < 4.78 is 0. The molecule has 6 nitrogen and oxygen atoms in total. The number of benzene rings is 1. The highest BCUT2D eigenvalue weighted by atomic mass is 32.2. The van der Waals surface area contributed by atoms with Gasteiger partial charge in [0.2, 0.25) is 5.91 Å². The van der Waals surface area contributed by atoms with Crippen LogP contribution in [0.25, 0.3) is 0 Å². The molecule has 1 atom stereocenters. The molecule has 1 fully saturated rings. The summed E-state index contributed by atoms with van der Waals surface area (Å²) in [7, 11) is 0. The molecule has 126 valence electrons. The first-order chi connectivity index (χ1) is 11.6. The third-order valence-electron chi connectivity index (χ3n) is 3.97. The Labute approximate surface area is 143 Å². The van der Waals surface area contributed by atoms with Crippen molar-refractivity contribution in [2.75, 3.05) is 6.54 Å². The van der Waals surface area contributed by atoms with Gasteiger partial charge in [-0.2, -0.15) is 0 Å². The molecule has 3 N–H and O–H groups in total. The molecule has 1 aliphatic heterocycles. The predicted molar refractivity (Wildman–Crippen MR) is 90.2 cm³/mol. The molecule has 2 aliphatic rings. The molecular weight excluding hydrogens is 328 g/mol. The van der Waals surface area contributed by atoms with Crippen molar-refractivity contribution < 1.29 is 19.9 Å². The van der Waals surface area contributed by atoms with Crippen molar-refractivity contribution in [1.29, 1.82) is 0 Å². The number of hydrogen-bond acceptors (Lipinski definition) is 5. The van der Waals surface area contributed by atoms with Gasteiger partial charge in [0.15, 0.2) is 0 Å². The number of nitrogens with zero attached hydrogens (tertiary/aromatic N) is 1. The van der Waals surface area contributed by atoms with Crippen LogP contribution in [0.4, 0.5) is 0 Å². The first-order valence-corrected chi connectivity index (χ1v) is 8.56. The zero-order valence-electron chi connectivity index (χ0n) is 12.9. The summed E-state index contributed by atoms with van der Waals surface area (Å²) in [4.78, 5) is 26.8. The number of aromatic hydroxyl groups is 1. The van der Waals surface area contributed by atoms with Crippen LogP contribution in [0.5, 0.6) is 5.75 Å². The maximum atomic E-state index is 12.8. The molecule has 1 aromatic rings. The van der Waals surface area contributed by atoms with Gasteiger partial charge < -0.3 is 10.0 Å². The summed E-state index contributed by atoms with van der Waals surface area (Å²) >= 11 is 1.51. The number of hydrogen-bond donors (Lipinski definition) is 3. The fourth-order valence-electron chi connectivity index (χ4n) is 2.80. The number of rotatable bonds is 4. The van der Waals surface area contributed by atoms with Crippen LogP contribution >= 0.6 is 11.8 Å². The highest BCUT2D eigenvalue weighted by molar-refractivity contribution is 8.04. The Morgan fingerprint density at radius 2 is 1.96 bits per heavy atom. The van der Waals surface area contributed by atoms with Crippen molar-refractivity contribution in [3.05, 3.63) is 52.6 Å². The lowest BCUT2D eigenvalue weighted by atomic mass is 10.1. The number of phenols is 1. The van der Waals surface area contributed by atoms with E-state index in [4.69, 9.17) is 5.21 Å². The van der Waals surface area contributed by atoms with Crippen molar-refractivity contribution in [3.63, 3.8) is 0 Å². The van der Waals surface area contributed by atoms with Gasteiger partial charge in [-0.15, -0.1) is 11.8 Å². The molecule has 1 heterocycles. The van der Waals surface area contributed by atoms with Crippen LogP contribution in [0.1, 0.15) is 18.4 Å². The minimum atomic E-state index is -0.621. The fraction of sp³-hybridized carbons (Fsp3) is 0.294. The van der Waals surface area contributed by atoms with Crippen molar-refractivity contribution in [1.82, 2.24) is 10.4 Å². The zero-order valence-corrected chi connectivity index (χ0v) is 13.8. The van der Waals surface area contributed by atoms with E-state index >= 15 is 0 Å². The Kier molecular flexibility index (Phi) is 4.92. The maximum Gasteiger partial charge on any atom is 0.263 e. The van der Waals surface area contributed by atoms with Gasteiger partial charge in [-0.3, -0.25) is 14.8 Å². The summed E-state index contributed by atoms with van der Waals surface area (Å²) in [5.41, 5.74) is 3.28. The van der Waals surface area contributed by atoms with Gasteiger partial charge in [-0.05, 0) is 37.0 Å². The van der Waals surface area contributed by atoms with E-state index in [1.807, 2.05) is 6.08 Å². The molecule has 1 unspecified atom stereocenters. The summed E-state index contributed by atoms with van der Waals surface area (Å²) in [6.07, 6.45) is 6.28. The summed E-state index contributed by atoms with van der Waals surface area (Å²) in [6.45, 7) is -0.203. The van der Waals surface area contributed by atoms with Gasteiger partial charge >= 0.3 is 0 Å². The lowest BCUT2D eigenvalue weighted by Crippen LogP contribution is -2.46. The van der Waals surface area contributed by atoms with Gasteiger partial charge in [-0.1, -0.05) is 24.3 Å². The Balaban J connectivity index is 1.84. The molecule has 7 heteroatoms. The number of fused-ring (bicyclic) bond motifs is 1. The van der Waals surface area contributed by atoms with Crippen molar-refractivity contribution in [2.24, 2.45) is 0 Å². The predicted octanol–water partition coefficient (Wildman–Crippen LogP) is 1.95. The van der Waals surface area contributed by atoms with E-state index in [1.54, 1.807) is 29.7 Å². The number of phenolic OH excluding ortho intramolecular Hbond substituents is 1. The van der Waals surface area contributed by atoms with Gasteiger partial charge in [0.25, 0.3) is 5.91 Å². The van der Waals surface area contributed by atoms with Crippen LogP contribution in [0, 0.1) is 0 Å². The molecule has 3 rings (SSSR count). The highest BCUT2D eigenvalue weighted by Gasteiger charge is 2.37. The molecular formula is C17H18N2O4S. The van der Waals surface area contributed by atoms with E-state index in [9.17, 15) is 14.7 Å². The SMILES string of the molecule is O=C(CN1C(=O)C(Cc2ccc(O)cc2)SC2=CCCC=C21)NO. The molecule has 0 aromatic heterocycles. The van der Waals surface area contributed by atoms with E-state index in [0.29, 0.717) is 6.42 Å². The Hall–Kier alpha value is -2.25. The van der Waals surface area contributed by atoms with Crippen LogP contribution in [-0.2, 0) is 16.0 Å². The lowest BCUT2D eigenvalue weighted by molar-refractivity contribution is -0.137. The second kappa shape index (κ2) is 7.11. The Morgan fingerprint density at radius 1 is 1.25 bits per heavy atom. The van der Waals surface area contributed by atoms with Gasteiger partial charge in [-0.25, -0.2) is 5.48 Å². The van der Waals surface area contributed by atoms with Crippen LogP contribution < -0.4 is 5.48 Å². The van der Waals surface area contributed by atoms with Crippen LogP contribution in [0.2, 0.25) is 0 Å². The second-order valence-electron chi connectivity index (χ2n) is 5.67. The monoisotopic (exact) mass is 346 g/mol. The summed E-state index contributed by atoms with van der Waals surface area (Å²) in [5.74, 6) is -0.589. The largest absolute Gasteiger partial charge is 0.508 e. The lowest BCUT2D eigenvalue weighted by Gasteiger charge is -2.36. The van der Waals surface area contributed by atoms with Crippen molar-refractivity contribution >= 4 is 23.6 Å². The maximum absolute atomic E-state index is 12.8. The highest BCUT2D eigenvalue weighted by Crippen LogP contribution is 2.41. The molecule has 2 amide bonds. The molecule has 0 bridgehead atoms. The van der Waals surface area contributed by atoms with Crippen LogP contribution in [0.3, 0.4) is 0 Å². The number of nitrogens with one attached hydrogen (secondary N) is 1. The van der Waals surface area contributed by atoms with E-state index < -0.39 is 5.91 Å². The third-order valence-corrected chi connectivity index (χ3v) is 5.25.